The van der Waals surface area contributed by atoms with Gasteiger partial charge in [-0.15, -0.1) is 0 Å². The minimum absolute atomic E-state index is 0.197. The van der Waals surface area contributed by atoms with Gasteiger partial charge in [0, 0.05) is 0 Å². The van der Waals surface area contributed by atoms with Crippen LogP contribution in [0.5, 0.6) is 5.75 Å². The van der Waals surface area contributed by atoms with Crippen molar-refractivity contribution in [2.75, 3.05) is 13.7 Å². The molecule has 0 saturated carbocycles. The van der Waals surface area contributed by atoms with Gasteiger partial charge in [0.25, 0.3) is 0 Å². The summed E-state index contributed by atoms with van der Waals surface area (Å²) in [6.45, 7) is 2.51. The molecule has 1 rings (SSSR count). The number of esters is 1. The molecule has 0 N–H and O–H groups in total. The van der Waals surface area contributed by atoms with Crippen LogP contribution in [0.25, 0.3) is 0 Å². The van der Waals surface area contributed by atoms with E-state index in [0.29, 0.717) is 18.1 Å². The van der Waals surface area contributed by atoms with E-state index in [0.717, 1.165) is 0 Å². The number of aromatic nitrogens is 1. The predicted molar refractivity (Wildman–Crippen MR) is 51.1 cm³/mol. The second-order valence-corrected chi connectivity index (χ2v) is 2.67. The summed E-state index contributed by atoms with van der Waals surface area (Å²) in [7, 11) is 1.36. The van der Waals surface area contributed by atoms with Gasteiger partial charge in [0.1, 0.15) is 5.75 Å². The molecule has 0 fully saturated rings. The molecule has 0 spiro atoms. The maximum Gasteiger partial charge on any atom is 0.311 e. The Morgan fingerprint density at radius 1 is 1.50 bits per heavy atom. The minimum Gasteiger partial charge on any atom is -0.492 e. The molecule has 4 nitrogen and oxygen atoms in total. The fourth-order valence-electron chi connectivity index (χ4n) is 0.988. The van der Waals surface area contributed by atoms with Crippen LogP contribution in [-0.2, 0) is 16.0 Å². The molecule has 0 aliphatic heterocycles. The van der Waals surface area contributed by atoms with Crippen LogP contribution in [0.4, 0.5) is 0 Å². The maximum absolute atomic E-state index is 10.9. The number of carbonyl (C=O) groups is 1. The molecule has 0 aliphatic rings. The van der Waals surface area contributed by atoms with E-state index in [1.165, 1.54) is 7.11 Å². The second kappa shape index (κ2) is 5.21. The van der Waals surface area contributed by atoms with E-state index in [1.807, 2.05) is 6.92 Å². The van der Waals surface area contributed by atoms with E-state index < -0.39 is 0 Å². The standard InChI is InChI=1S/C10H13NO3/c1-3-14-9-5-4-8(11-7-9)6-10(12)13-2/h4-5,7H,3,6H2,1-2H3. The number of methoxy groups -OCH3 is 1. The Morgan fingerprint density at radius 2 is 2.29 bits per heavy atom. The van der Waals surface area contributed by atoms with Crippen molar-refractivity contribution in [2.45, 2.75) is 13.3 Å². The molecule has 4 heteroatoms. The lowest BCUT2D eigenvalue weighted by atomic mass is 10.3. The molecular weight excluding hydrogens is 182 g/mol. The van der Waals surface area contributed by atoms with Crippen LogP contribution >= 0.6 is 0 Å². The van der Waals surface area contributed by atoms with Gasteiger partial charge in [0.2, 0.25) is 0 Å². The zero-order chi connectivity index (χ0) is 10.4. The van der Waals surface area contributed by atoms with Gasteiger partial charge in [-0.1, -0.05) is 0 Å². The fraction of sp³-hybridized carbons (Fsp3) is 0.400. The highest BCUT2D eigenvalue weighted by atomic mass is 16.5. The number of nitrogens with zero attached hydrogens (tertiary/aromatic N) is 1. The SMILES string of the molecule is CCOc1ccc(CC(=O)OC)nc1. The zero-order valence-electron chi connectivity index (χ0n) is 8.32. The summed E-state index contributed by atoms with van der Waals surface area (Å²) < 4.78 is 9.74. The molecule has 0 aromatic carbocycles. The highest BCUT2D eigenvalue weighted by molar-refractivity contribution is 5.71. The smallest absolute Gasteiger partial charge is 0.311 e. The summed E-state index contributed by atoms with van der Waals surface area (Å²) in [5, 5.41) is 0. The molecule has 0 saturated heterocycles. The zero-order valence-corrected chi connectivity index (χ0v) is 8.32. The Kier molecular flexibility index (Phi) is 3.91. The third-order valence-corrected chi connectivity index (χ3v) is 1.66. The number of hydrogen-bond donors (Lipinski definition) is 0. The lowest BCUT2D eigenvalue weighted by molar-refractivity contribution is -0.139. The number of carbonyl (C=O) groups excluding carboxylic acids is 1. The summed E-state index contributed by atoms with van der Waals surface area (Å²) in [5.41, 5.74) is 0.681. The van der Waals surface area contributed by atoms with E-state index in [4.69, 9.17) is 4.74 Å². The number of ether oxygens (including phenoxy) is 2. The average Bonchev–Trinajstić information content (AvgIpc) is 2.21. The van der Waals surface area contributed by atoms with Gasteiger partial charge < -0.3 is 9.47 Å². The molecule has 0 radical (unpaired) electrons. The van der Waals surface area contributed by atoms with Crippen molar-refractivity contribution in [3.63, 3.8) is 0 Å². The van der Waals surface area contributed by atoms with E-state index in [1.54, 1.807) is 18.3 Å². The molecule has 1 aromatic heterocycles. The van der Waals surface area contributed by atoms with Crippen molar-refractivity contribution in [1.29, 1.82) is 0 Å². The second-order valence-electron chi connectivity index (χ2n) is 2.67. The first-order valence-corrected chi connectivity index (χ1v) is 4.40. The van der Waals surface area contributed by atoms with Gasteiger partial charge >= 0.3 is 5.97 Å². The summed E-state index contributed by atoms with van der Waals surface area (Å²) in [5.74, 6) is 0.419. The van der Waals surface area contributed by atoms with Crippen LogP contribution in [-0.4, -0.2) is 24.7 Å². The normalized spacial score (nSPS) is 9.57. The van der Waals surface area contributed by atoms with E-state index in [2.05, 4.69) is 9.72 Å². The van der Waals surface area contributed by atoms with Crippen LogP contribution in [0.15, 0.2) is 18.3 Å². The quantitative estimate of drug-likeness (QED) is 0.677. The summed E-state index contributed by atoms with van der Waals surface area (Å²) in [6, 6.07) is 3.54. The predicted octanol–water partition coefficient (Wildman–Crippen LogP) is 1.20. The lowest BCUT2D eigenvalue weighted by Gasteiger charge is -2.03. The molecule has 0 amide bonds. The Hall–Kier alpha value is -1.58. The fourth-order valence-corrected chi connectivity index (χ4v) is 0.988. The third-order valence-electron chi connectivity index (χ3n) is 1.66. The minimum atomic E-state index is -0.290. The molecule has 0 atom stereocenters. The van der Waals surface area contributed by atoms with Crippen molar-refractivity contribution in [3.05, 3.63) is 24.0 Å². The lowest BCUT2D eigenvalue weighted by Crippen LogP contribution is -2.05. The Labute approximate surface area is 82.9 Å². The number of pyridine rings is 1. The van der Waals surface area contributed by atoms with Crippen molar-refractivity contribution < 1.29 is 14.3 Å². The molecule has 76 valence electrons. The van der Waals surface area contributed by atoms with Crippen molar-refractivity contribution in [1.82, 2.24) is 4.98 Å². The first-order valence-electron chi connectivity index (χ1n) is 4.40. The van der Waals surface area contributed by atoms with Gasteiger partial charge in [-0.3, -0.25) is 9.78 Å². The first-order chi connectivity index (χ1) is 6.76. The molecule has 0 unspecified atom stereocenters. The van der Waals surface area contributed by atoms with E-state index in [-0.39, 0.29) is 12.4 Å². The van der Waals surface area contributed by atoms with Crippen molar-refractivity contribution in [2.24, 2.45) is 0 Å². The van der Waals surface area contributed by atoms with E-state index >= 15 is 0 Å². The molecule has 0 aliphatic carbocycles. The number of hydrogen-bond acceptors (Lipinski definition) is 4. The van der Waals surface area contributed by atoms with Crippen LogP contribution in [0, 0.1) is 0 Å². The Balaban J connectivity index is 2.59. The Morgan fingerprint density at radius 3 is 2.79 bits per heavy atom. The third kappa shape index (κ3) is 3.05. The summed E-state index contributed by atoms with van der Waals surface area (Å²) in [4.78, 5) is 15.0. The van der Waals surface area contributed by atoms with Crippen molar-refractivity contribution in [3.8, 4) is 5.75 Å². The van der Waals surface area contributed by atoms with Crippen molar-refractivity contribution >= 4 is 5.97 Å². The highest BCUT2D eigenvalue weighted by Crippen LogP contribution is 2.09. The van der Waals surface area contributed by atoms with Gasteiger partial charge in [0.05, 0.1) is 32.0 Å². The maximum atomic E-state index is 10.9. The highest BCUT2D eigenvalue weighted by Gasteiger charge is 2.03. The first kappa shape index (κ1) is 10.5. The van der Waals surface area contributed by atoms with Crippen LogP contribution in [0.2, 0.25) is 0 Å². The largest absolute Gasteiger partial charge is 0.492 e. The molecule has 14 heavy (non-hydrogen) atoms. The van der Waals surface area contributed by atoms with Gasteiger partial charge in [-0.05, 0) is 19.1 Å². The monoisotopic (exact) mass is 195 g/mol. The topological polar surface area (TPSA) is 48.4 Å². The van der Waals surface area contributed by atoms with E-state index in [9.17, 15) is 4.79 Å². The Bertz CT molecular complexity index is 295. The average molecular weight is 195 g/mol. The summed E-state index contributed by atoms with van der Waals surface area (Å²) >= 11 is 0. The van der Waals surface area contributed by atoms with Gasteiger partial charge in [-0.2, -0.15) is 0 Å². The number of rotatable bonds is 4. The van der Waals surface area contributed by atoms with Gasteiger partial charge in [-0.25, -0.2) is 0 Å². The van der Waals surface area contributed by atoms with Crippen LogP contribution < -0.4 is 4.74 Å². The molecule has 0 bridgehead atoms. The van der Waals surface area contributed by atoms with Crippen LogP contribution in [0.3, 0.4) is 0 Å². The van der Waals surface area contributed by atoms with Crippen LogP contribution in [0.1, 0.15) is 12.6 Å². The summed E-state index contributed by atoms with van der Waals surface area (Å²) in [6.07, 6.45) is 1.80. The molecule has 1 aromatic rings. The van der Waals surface area contributed by atoms with Gasteiger partial charge in [0.15, 0.2) is 0 Å². The molecule has 1 heterocycles. The molecular formula is C10H13NO3.